The SMILES string of the molecule is CC(C)(C)OC(=O)N1CCC(c2ccc(C(=O)NC3CN(c4cccnn4)C3)cc2)CC1. The monoisotopic (exact) mass is 437 g/mol. The number of amides is 2. The Hall–Kier alpha value is -3.16. The number of hydrogen-bond donors (Lipinski definition) is 1. The third-order valence-corrected chi connectivity index (χ3v) is 5.89. The van der Waals surface area contributed by atoms with E-state index in [4.69, 9.17) is 4.74 Å². The van der Waals surface area contributed by atoms with Crippen molar-refractivity contribution in [2.75, 3.05) is 31.1 Å². The van der Waals surface area contributed by atoms with Crippen molar-refractivity contribution in [2.24, 2.45) is 0 Å². The van der Waals surface area contributed by atoms with Gasteiger partial charge in [0.15, 0.2) is 5.82 Å². The van der Waals surface area contributed by atoms with Crippen molar-refractivity contribution in [1.29, 1.82) is 0 Å². The van der Waals surface area contributed by atoms with Crippen LogP contribution in [-0.4, -0.2) is 64.9 Å². The summed E-state index contributed by atoms with van der Waals surface area (Å²) in [7, 11) is 0. The van der Waals surface area contributed by atoms with Gasteiger partial charge in [0.25, 0.3) is 5.91 Å². The van der Waals surface area contributed by atoms with Crippen LogP contribution in [0.1, 0.15) is 55.5 Å². The van der Waals surface area contributed by atoms with Crippen LogP contribution in [0.4, 0.5) is 10.6 Å². The molecule has 0 atom stereocenters. The summed E-state index contributed by atoms with van der Waals surface area (Å²) in [6.45, 7) is 8.49. The first-order valence-corrected chi connectivity index (χ1v) is 11.2. The highest BCUT2D eigenvalue weighted by Crippen LogP contribution is 2.29. The van der Waals surface area contributed by atoms with Crippen LogP contribution >= 0.6 is 0 Å². The first-order valence-electron chi connectivity index (χ1n) is 11.2. The van der Waals surface area contributed by atoms with E-state index in [1.54, 1.807) is 11.1 Å². The molecule has 0 saturated carbocycles. The Kier molecular flexibility index (Phi) is 6.30. The maximum atomic E-state index is 12.6. The molecule has 8 nitrogen and oxygen atoms in total. The van der Waals surface area contributed by atoms with E-state index in [1.165, 1.54) is 5.56 Å². The zero-order valence-corrected chi connectivity index (χ0v) is 19.0. The molecule has 32 heavy (non-hydrogen) atoms. The Bertz CT molecular complexity index is 928. The molecule has 1 aromatic heterocycles. The van der Waals surface area contributed by atoms with Crippen LogP contribution in [-0.2, 0) is 4.74 Å². The van der Waals surface area contributed by atoms with Gasteiger partial charge >= 0.3 is 6.09 Å². The van der Waals surface area contributed by atoms with Crippen molar-refractivity contribution in [3.63, 3.8) is 0 Å². The molecule has 170 valence electrons. The molecule has 4 rings (SSSR count). The van der Waals surface area contributed by atoms with Crippen molar-refractivity contribution in [3.05, 3.63) is 53.7 Å². The van der Waals surface area contributed by atoms with Gasteiger partial charge in [-0.3, -0.25) is 4.79 Å². The highest BCUT2D eigenvalue weighted by atomic mass is 16.6. The lowest BCUT2D eigenvalue weighted by atomic mass is 9.89. The van der Waals surface area contributed by atoms with Crippen molar-refractivity contribution >= 4 is 17.8 Å². The van der Waals surface area contributed by atoms with E-state index < -0.39 is 5.60 Å². The normalized spacial score (nSPS) is 17.6. The standard InChI is InChI=1S/C24H31N5O3/c1-24(2,3)32-23(31)28-13-10-18(11-14-28)17-6-8-19(9-7-17)22(30)26-20-15-29(16-20)21-5-4-12-25-27-21/h4-9,12,18,20H,10-11,13-16H2,1-3H3,(H,26,30). The second kappa shape index (κ2) is 9.14. The molecule has 3 heterocycles. The maximum Gasteiger partial charge on any atom is 0.410 e. The van der Waals surface area contributed by atoms with Gasteiger partial charge in [-0.05, 0) is 69.4 Å². The zero-order chi connectivity index (χ0) is 22.7. The Morgan fingerprint density at radius 1 is 1.06 bits per heavy atom. The van der Waals surface area contributed by atoms with Gasteiger partial charge < -0.3 is 19.9 Å². The molecule has 0 radical (unpaired) electrons. The predicted octanol–water partition coefficient (Wildman–Crippen LogP) is 3.21. The molecule has 2 amide bonds. The van der Waals surface area contributed by atoms with E-state index in [1.807, 2.05) is 57.2 Å². The summed E-state index contributed by atoms with van der Waals surface area (Å²) < 4.78 is 5.47. The average Bonchev–Trinajstić information content (AvgIpc) is 2.75. The van der Waals surface area contributed by atoms with Crippen LogP contribution in [0.3, 0.4) is 0 Å². The lowest BCUT2D eigenvalue weighted by Gasteiger charge is -2.40. The molecule has 2 aromatic rings. The summed E-state index contributed by atoms with van der Waals surface area (Å²) in [6.07, 6.45) is 3.20. The number of nitrogens with one attached hydrogen (secondary N) is 1. The molecule has 2 fully saturated rings. The minimum absolute atomic E-state index is 0.0555. The smallest absolute Gasteiger partial charge is 0.410 e. The van der Waals surface area contributed by atoms with Crippen LogP contribution in [0.5, 0.6) is 0 Å². The number of hydrogen-bond acceptors (Lipinski definition) is 6. The number of likely N-dealkylation sites (tertiary alicyclic amines) is 1. The number of rotatable bonds is 4. The van der Waals surface area contributed by atoms with Gasteiger partial charge in [-0.15, -0.1) is 5.10 Å². The van der Waals surface area contributed by atoms with Crippen LogP contribution in [0.15, 0.2) is 42.6 Å². The van der Waals surface area contributed by atoms with Gasteiger partial charge in [0.2, 0.25) is 0 Å². The molecule has 1 N–H and O–H groups in total. The van der Waals surface area contributed by atoms with Crippen LogP contribution in [0.2, 0.25) is 0 Å². The second-order valence-corrected chi connectivity index (χ2v) is 9.52. The highest BCUT2D eigenvalue weighted by molar-refractivity contribution is 5.94. The average molecular weight is 438 g/mol. The van der Waals surface area contributed by atoms with E-state index in [0.29, 0.717) is 24.6 Å². The molecule has 2 aliphatic heterocycles. The fraction of sp³-hybridized carbons (Fsp3) is 0.500. The summed E-state index contributed by atoms with van der Waals surface area (Å²) in [5, 5.41) is 11.1. The molecular formula is C24H31N5O3. The Morgan fingerprint density at radius 2 is 1.75 bits per heavy atom. The topological polar surface area (TPSA) is 87.7 Å². The Morgan fingerprint density at radius 3 is 2.34 bits per heavy atom. The lowest BCUT2D eigenvalue weighted by Crippen LogP contribution is -2.59. The molecule has 2 aliphatic rings. The Balaban J connectivity index is 1.24. The molecular weight excluding hydrogens is 406 g/mol. The summed E-state index contributed by atoms with van der Waals surface area (Å²) in [6, 6.07) is 11.7. The van der Waals surface area contributed by atoms with E-state index in [9.17, 15) is 9.59 Å². The molecule has 8 heteroatoms. The van der Waals surface area contributed by atoms with Crippen molar-refractivity contribution in [3.8, 4) is 0 Å². The van der Waals surface area contributed by atoms with Crippen molar-refractivity contribution in [2.45, 2.75) is 51.2 Å². The van der Waals surface area contributed by atoms with Crippen molar-refractivity contribution < 1.29 is 14.3 Å². The van der Waals surface area contributed by atoms with Gasteiger partial charge in [-0.1, -0.05) is 12.1 Å². The number of piperidine rings is 1. The molecule has 0 bridgehead atoms. The van der Waals surface area contributed by atoms with E-state index >= 15 is 0 Å². The fourth-order valence-electron chi connectivity index (χ4n) is 4.12. The number of carbonyl (C=O) groups is 2. The largest absolute Gasteiger partial charge is 0.444 e. The van der Waals surface area contributed by atoms with Crippen LogP contribution in [0, 0.1) is 0 Å². The van der Waals surface area contributed by atoms with Crippen LogP contribution < -0.4 is 10.2 Å². The van der Waals surface area contributed by atoms with Gasteiger partial charge in [-0.25, -0.2) is 4.79 Å². The predicted molar refractivity (Wildman–Crippen MR) is 122 cm³/mol. The number of carbonyl (C=O) groups excluding carboxylic acids is 2. The molecule has 2 saturated heterocycles. The number of anilines is 1. The molecule has 0 spiro atoms. The van der Waals surface area contributed by atoms with Gasteiger partial charge in [0, 0.05) is 37.9 Å². The van der Waals surface area contributed by atoms with Gasteiger partial charge in [0.1, 0.15) is 5.60 Å². The fourth-order valence-corrected chi connectivity index (χ4v) is 4.12. The lowest BCUT2D eigenvalue weighted by molar-refractivity contribution is 0.0204. The summed E-state index contributed by atoms with van der Waals surface area (Å²) in [4.78, 5) is 28.7. The quantitative estimate of drug-likeness (QED) is 0.790. The first-order chi connectivity index (χ1) is 15.3. The third-order valence-electron chi connectivity index (χ3n) is 5.89. The zero-order valence-electron chi connectivity index (χ0n) is 19.0. The number of benzene rings is 1. The van der Waals surface area contributed by atoms with Crippen molar-refractivity contribution in [1.82, 2.24) is 20.4 Å². The minimum Gasteiger partial charge on any atom is -0.444 e. The number of nitrogens with zero attached hydrogens (tertiary/aromatic N) is 4. The number of ether oxygens (including phenoxy) is 1. The second-order valence-electron chi connectivity index (χ2n) is 9.52. The minimum atomic E-state index is -0.474. The van der Waals surface area contributed by atoms with E-state index in [2.05, 4.69) is 20.4 Å². The number of aromatic nitrogens is 2. The van der Waals surface area contributed by atoms with Crippen LogP contribution in [0.25, 0.3) is 0 Å². The molecule has 0 aliphatic carbocycles. The molecule has 1 aromatic carbocycles. The molecule has 0 unspecified atom stereocenters. The Labute approximate surface area is 188 Å². The first kappa shape index (κ1) is 22.0. The summed E-state index contributed by atoms with van der Waals surface area (Å²) in [5.41, 5.74) is 1.40. The highest BCUT2D eigenvalue weighted by Gasteiger charge is 2.30. The summed E-state index contributed by atoms with van der Waals surface area (Å²) in [5.74, 6) is 1.16. The van der Waals surface area contributed by atoms with Gasteiger partial charge in [0.05, 0.1) is 6.04 Å². The van der Waals surface area contributed by atoms with E-state index in [0.717, 1.165) is 31.7 Å². The van der Waals surface area contributed by atoms with E-state index in [-0.39, 0.29) is 18.0 Å². The maximum absolute atomic E-state index is 12.6. The third kappa shape index (κ3) is 5.36. The summed E-state index contributed by atoms with van der Waals surface area (Å²) >= 11 is 0. The van der Waals surface area contributed by atoms with Gasteiger partial charge in [-0.2, -0.15) is 5.10 Å².